The number of hydrogen-bond acceptors (Lipinski definition) is 7. The van der Waals surface area contributed by atoms with Crippen LogP contribution in [0.4, 0.5) is 5.69 Å². The number of aryl methyl sites for hydroxylation is 1. The van der Waals surface area contributed by atoms with Gasteiger partial charge >= 0.3 is 5.97 Å². The number of nitrogens with zero attached hydrogens (tertiary/aromatic N) is 2. The van der Waals surface area contributed by atoms with Gasteiger partial charge in [0.1, 0.15) is 11.3 Å². The summed E-state index contributed by atoms with van der Waals surface area (Å²) in [4.78, 5) is 30.6. The molecule has 0 spiro atoms. The van der Waals surface area contributed by atoms with Crippen LogP contribution in [-0.4, -0.2) is 49.1 Å². The number of hydrogen-bond donors (Lipinski definition) is 1. The molecule has 2 aromatic heterocycles. The van der Waals surface area contributed by atoms with E-state index in [9.17, 15) is 9.59 Å². The third-order valence-corrected chi connectivity index (χ3v) is 8.41. The van der Waals surface area contributed by atoms with Crippen LogP contribution in [0.1, 0.15) is 73.2 Å². The average molecular weight is 584 g/mol. The molecule has 1 amide bonds. The summed E-state index contributed by atoms with van der Waals surface area (Å²) >= 11 is 0. The Morgan fingerprint density at radius 1 is 1.09 bits per heavy atom. The molecule has 0 bridgehead atoms. The highest BCUT2D eigenvalue weighted by Gasteiger charge is 2.30. The van der Waals surface area contributed by atoms with Crippen molar-refractivity contribution in [3.8, 4) is 17.0 Å². The lowest BCUT2D eigenvalue weighted by Crippen LogP contribution is -2.29. The van der Waals surface area contributed by atoms with Crippen LogP contribution in [0.2, 0.25) is 0 Å². The van der Waals surface area contributed by atoms with Gasteiger partial charge in [-0.2, -0.15) is 0 Å². The SMILES string of the molecule is CCOC(=O)CCN(C)C(=O)c1ccc(NC(c2oc3ccc(-c4cccnc4OC)cc3c2C)C2CCCCC2)cc1. The zero-order valence-electron chi connectivity index (χ0n) is 25.5. The normalized spacial score (nSPS) is 14.3. The molecule has 5 rings (SSSR count). The molecular weight excluding hydrogens is 542 g/mol. The number of aromatic nitrogens is 1. The molecular formula is C35H41N3O5. The van der Waals surface area contributed by atoms with Crippen molar-refractivity contribution >= 4 is 28.5 Å². The van der Waals surface area contributed by atoms with Crippen molar-refractivity contribution in [3.63, 3.8) is 0 Å². The maximum Gasteiger partial charge on any atom is 0.307 e. The zero-order chi connectivity index (χ0) is 30.3. The molecule has 2 heterocycles. The van der Waals surface area contributed by atoms with E-state index in [-0.39, 0.29) is 24.3 Å². The van der Waals surface area contributed by atoms with Gasteiger partial charge in [-0.3, -0.25) is 9.59 Å². The fourth-order valence-electron chi connectivity index (χ4n) is 6.04. The number of fused-ring (bicyclic) bond motifs is 1. The van der Waals surface area contributed by atoms with Crippen molar-refractivity contribution in [1.82, 2.24) is 9.88 Å². The molecule has 0 radical (unpaired) electrons. The Bertz CT molecular complexity index is 1560. The minimum Gasteiger partial charge on any atom is -0.481 e. The quantitative estimate of drug-likeness (QED) is 0.182. The van der Waals surface area contributed by atoms with Gasteiger partial charge in [0.25, 0.3) is 5.91 Å². The second kappa shape index (κ2) is 13.8. The van der Waals surface area contributed by atoms with E-state index in [1.807, 2.05) is 42.5 Å². The van der Waals surface area contributed by atoms with Crippen molar-refractivity contribution < 1.29 is 23.5 Å². The van der Waals surface area contributed by atoms with Crippen LogP contribution in [0.25, 0.3) is 22.1 Å². The summed E-state index contributed by atoms with van der Waals surface area (Å²) in [6.07, 6.45) is 7.85. The lowest BCUT2D eigenvalue weighted by Gasteiger charge is -2.31. The smallest absolute Gasteiger partial charge is 0.307 e. The average Bonchev–Trinajstić information content (AvgIpc) is 3.37. The number of rotatable bonds is 11. The maximum absolute atomic E-state index is 13.0. The fraction of sp³-hybridized carbons (Fsp3) is 0.400. The fourth-order valence-corrected chi connectivity index (χ4v) is 6.04. The number of benzene rings is 2. The molecule has 1 unspecified atom stereocenters. The second-order valence-electron chi connectivity index (χ2n) is 11.2. The number of esters is 1. The summed E-state index contributed by atoms with van der Waals surface area (Å²) in [5.41, 5.74) is 5.46. The summed E-state index contributed by atoms with van der Waals surface area (Å²) in [5.74, 6) is 1.55. The molecule has 8 nitrogen and oxygen atoms in total. The molecule has 0 aliphatic heterocycles. The molecule has 1 N–H and O–H groups in total. The lowest BCUT2D eigenvalue weighted by atomic mass is 9.82. The number of anilines is 1. The number of furan rings is 1. The molecule has 43 heavy (non-hydrogen) atoms. The van der Waals surface area contributed by atoms with Crippen LogP contribution in [0.3, 0.4) is 0 Å². The van der Waals surface area contributed by atoms with E-state index in [2.05, 4.69) is 29.4 Å². The van der Waals surface area contributed by atoms with Crippen LogP contribution < -0.4 is 10.1 Å². The van der Waals surface area contributed by atoms with Crippen molar-refractivity contribution in [2.75, 3.05) is 32.6 Å². The zero-order valence-corrected chi connectivity index (χ0v) is 25.5. The van der Waals surface area contributed by atoms with Gasteiger partial charge in [-0.1, -0.05) is 25.3 Å². The lowest BCUT2D eigenvalue weighted by molar-refractivity contribution is -0.143. The Hall–Kier alpha value is -4.33. The number of nitrogens with one attached hydrogen (secondary N) is 1. The van der Waals surface area contributed by atoms with Gasteiger partial charge in [-0.05, 0) is 86.7 Å². The molecule has 4 aromatic rings. The van der Waals surface area contributed by atoms with Gasteiger partial charge in [0.2, 0.25) is 5.88 Å². The summed E-state index contributed by atoms with van der Waals surface area (Å²) in [5, 5.41) is 4.85. The molecule has 8 heteroatoms. The molecule has 1 aliphatic rings. The Balaban J connectivity index is 1.39. The minimum absolute atomic E-state index is 0.00196. The summed E-state index contributed by atoms with van der Waals surface area (Å²) in [6, 6.07) is 17.7. The van der Waals surface area contributed by atoms with E-state index in [1.54, 1.807) is 32.2 Å². The number of carbonyl (C=O) groups excluding carboxylic acids is 2. The van der Waals surface area contributed by atoms with Gasteiger partial charge in [0.15, 0.2) is 0 Å². The van der Waals surface area contributed by atoms with Gasteiger partial charge in [-0.15, -0.1) is 0 Å². The standard InChI is InChI=1S/C35H41N3O5/c1-5-42-31(39)19-21-38(3)35(40)25-13-16-27(17-14-25)37-32(24-10-7-6-8-11-24)33-23(2)29-22-26(15-18-30(29)43-33)28-12-9-20-36-34(28)41-4/h9,12-18,20,22,24,32,37H,5-8,10-11,19,21H2,1-4H3. The van der Waals surface area contributed by atoms with E-state index >= 15 is 0 Å². The van der Waals surface area contributed by atoms with E-state index < -0.39 is 0 Å². The number of amides is 1. The molecule has 0 saturated heterocycles. The molecule has 1 atom stereocenters. The van der Waals surface area contributed by atoms with Crippen molar-refractivity contribution in [3.05, 3.63) is 77.7 Å². The Morgan fingerprint density at radius 3 is 2.58 bits per heavy atom. The third-order valence-electron chi connectivity index (χ3n) is 8.41. The van der Waals surface area contributed by atoms with Gasteiger partial charge in [-0.25, -0.2) is 4.98 Å². The molecule has 226 valence electrons. The minimum atomic E-state index is -0.302. The topological polar surface area (TPSA) is 93.9 Å². The first-order valence-electron chi connectivity index (χ1n) is 15.2. The van der Waals surface area contributed by atoms with Crippen LogP contribution in [0, 0.1) is 12.8 Å². The molecule has 1 saturated carbocycles. The van der Waals surface area contributed by atoms with Crippen molar-refractivity contribution in [2.24, 2.45) is 5.92 Å². The second-order valence-corrected chi connectivity index (χ2v) is 11.2. The van der Waals surface area contributed by atoms with E-state index in [1.165, 1.54) is 19.3 Å². The first-order valence-corrected chi connectivity index (χ1v) is 15.2. The summed E-state index contributed by atoms with van der Waals surface area (Å²) < 4.78 is 17.1. The van der Waals surface area contributed by atoms with E-state index in [0.717, 1.165) is 51.9 Å². The first kappa shape index (κ1) is 30.1. The number of pyridine rings is 1. The molecule has 2 aromatic carbocycles. The Morgan fingerprint density at radius 2 is 1.86 bits per heavy atom. The summed E-state index contributed by atoms with van der Waals surface area (Å²) in [7, 11) is 3.34. The van der Waals surface area contributed by atoms with Crippen LogP contribution in [0.15, 0.2) is 65.2 Å². The highest BCUT2D eigenvalue weighted by molar-refractivity contribution is 5.94. The highest BCUT2D eigenvalue weighted by atomic mass is 16.5. The third kappa shape index (κ3) is 6.85. The highest BCUT2D eigenvalue weighted by Crippen LogP contribution is 2.42. The van der Waals surface area contributed by atoms with Gasteiger partial charge in [0.05, 0.1) is 26.2 Å². The van der Waals surface area contributed by atoms with Crippen molar-refractivity contribution in [1.29, 1.82) is 0 Å². The van der Waals surface area contributed by atoms with Crippen molar-refractivity contribution in [2.45, 2.75) is 58.4 Å². The van der Waals surface area contributed by atoms with Crippen LogP contribution in [0.5, 0.6) is 5.88 Å². The van der Waals surface area contributed by atoms with Crippen LogP contribution in [-0.2, 0) is 9.53 Å². The van der Waals surface area contributed by atoms with E-state index in [4.69, 9.17) is 13.9 Å². The molecule has 1 fully saturated rings. The monoisotopic (exact) mass is 583 g/mol. The molecule has 1 aliphatic carbocycles. The predicted octanol–water partition coefficient (Wildman–Crippen LogP) is 7.57. The van der Waals surface area contributed by atoms with Gasteiger partial charge < -0.3 is 24.1 Å². The van der Waals surface area contributed by atoms with E-state index in [0.29, 0.717) is 30.5 Å². The summed E-state index contributed by atoms with van der Waals surface area (Å²) in [6.45, 7) is 4.55. The number of ether oxygens (including phenoxy) is 2. The van der Waals surface area contributed by atoms with Gasteiger partial charge in [0, 0.05) is 47.6 Å². The maximum atomic E-state index is 13.0. The number of methoxy groups -OCH3 is 1. The first-order chi connectivity index (χ1) is 20.9. The number of carbonyl (C=O) groups is 2. The Labute approximate surface area is 253 Å². The predicted molar refractivity (Wildman–Crippen MR) is 168 cm³/mol. The largest absolute Gasteiger partial charge is 0.481 e. The Kier molecular flexibility index (Phi) is 9.65. The van der Waals surface area contributed by atoms with Crippen LogP contribution >= 0.6 is 0 Å².